The zero-order valence-corrected chi connectivity index (χ0v) is 14.9. The maximum Gasteiger partial charge on any atom is 0.0889 e. The minimum Gasteiger partial charge on any atom is -0.382 e. The Balaban J connectivity index is 1.64. The fraction of sp³-hybridized carbons (Fsp3) is 0.474. The third-order valence-electron chi connectivity index (χ3n) is 3.45. The van der Waals surface area contributed by atoms with E-state index in [0.29, 0.717) is 46.2 Å². The van der Waals surface area contributed by atoms with Crippen LogP contribution < -0.4 is 0 Å². The lowest BCUT2D eigenvalue weighted by atomic mass is 10.1. The first-order valence-corrected chi connectivity index (χ1v) is 8.39. The summed E-state index contributed by atoms with van der Waals surface area (Å²) in [6.07, 6.45) is 3.58. The standard InChI is InChI=1S/C19H26N2O4/c1-16-3-5-20-18(13-16)19-14-17(4-6-21-19)15-25-12-11-24-10-9-23-8-7-22-2/h3-6,13-14H,7-12,15H2,1-2H3. The van der Waals surface area contributed by atoms with Crippen LogP contribution in [0.15, 0.2) is 36.7 Å². The minimum atomic E-state index is 0.523. The lowest BCUT2D eigenvalue weighted by Crippen LogP contribution is -2.11. The minimum absolute atomic E-state index is 0.523. The van der Waals surface area contributed by atoms with Gasteiger partial charge in [-0.2, -0.15) is 0 Å². The van der Waals surface area contributed by atoms with Crippen molar-refractivity contribution in [3.05, 3.63) is 47.8 Å². The molecule has 2 aromatic heterocycles. The smallest absolute Gasteiger partial charge is 0.0889 e. The molecule has 0 atom stereocenters. The summed E-state index contributed by atoms with van der Waals surface area (Å²) in [6, 6.07) is 7.95. The van der Waals surface area contributed by atoms with Crippen molar-refractivity contribution >= 4 is 0 Å². The molecule has 0 bridgehead atoms. The van der Waals surface area contributed by atoms with Gasteiger partial charge >= 0.3 is 0 Å². The second-order valence-corrected chi connectivity index (χ2v) is 5.54. The second kappa shape index (κ2) is 11.7. The molecule has 6 nitrogen and oxygen atoms in total. The van der Waals surface area contributed by atoms with Gasteiger partial charge in [0, 0.05) is 19.5 Å². The average Bonchev–Trinajstić information content (AvgIpc) is 2.63. The number of hydrogen-bond acceptors (Lipinski definition) is 6. The van der Waals surface area contributed by atoms with Gasteiger partial charge in [-0.15, -0.1) is 0 Å². The molecule has 136 valence electrons. The molecular weight excluding hydrogens is 320 g/mol. The Morgan fingerprint density at radius 3 is 2.04 bits per heavy atom. The van der Waals surface area contributed by atoms with Gasteiger partial charge in [0.2, 0.25) is 0 Å². The molecule has 0 amide bonds. The molecule has 2 rings (SSSR count). The number of methoxy groups -OCH3 is 1. The Hall–Kier alpha value is -1.86. The Morgan fingerprint density at radius 2 is 1.36 bits per heavy atom. The van der Waals surface area contributed by atoms with Crippen LogP contribution in [-0.2, 0) is 25.6 Å². The highest BCUT2D eigenvalue weighted by Crippen LogP contribution is 2.16. The second-order valence-electron chi connectivity index (χ2n) is 5.54. The van der Waals surface area contributed by atoms with Crippen LogP contribution in [0.2, 0.25) is 0 Å². The predicted molar refractivity (Wildman–Crippen MR) is 95.4 cm³/mol. The van der Waals surface area contributed by atoms with Gasteiger partial charge in [0.05, 0.1) is 57.6 Å². The lowest BCUT2D eigenvalue weighted by Gasteiger charge is -2.08. The van der Waals surface area contributed by atoms with Gasteiger partial charge in [-0.25, -0.2) is 0 Å². The molecule has 0 unspecified atom stereocenters. The molecule has 0 fully saturated rings. The van der Waals surface area contributed by atoms with Crippen LogP contribution in [-0.4, -0.2) is 56.7 Å². The van der Waals surface area contributed by atoms with Gasteiger partial charge in [0.15, 0.2) is 0 Å². The first-order chi connectivity index (χ1) is 12.3. The highest BCUT2D eigenvalue weighted by atomic mass is 16.6. The third kappa shape index (κ3) is 7.70. The summed E-state index contributed by atoms with van der Waals surface area (Å²) >= 11 is 0. The molecule has 0 spiro atoms. The maximum atomic E-state index is 5.65. The average molecular weight is 346 g/mol. The number of aryl methyl sites for hydroxylation is 1. The lowest BCUT2D eigenvalue weighted by molar-refractivity contribution is 0.000866. The van der Waals surface area contributed by atoms with Gasteiger partial charge in [-0.05, 0) is 42.3 Å². The fourth-order valence-electron chi connectivity index (χ4n) is 2.15. The summed E-state index contributed by atoms with van der Waals surface area (Å²) in [5.41, 5.74) is 3.96. The van der Waals surface area contributed by atoms with E-state index in [2.05, 4.69) is 9.97 Å². The van der Waals surface area contributed by atoms with Crippen LogP contribution in [0.3, 0.4) is 0 Å². The fourth-order valence-corrected chi connectivity index (χ4v) is 2.15. The number of hydrogen-bond donors (Lipinski definition) is 0. The molecule has 0 saturated carbocycles. The Labute approximate surface area is 149 Å². The molecule has 0 aromatic carbocycles. The Kier molecular flexibility index (Phi) is 9.07. The first-order valence-electron chi connectivity index (χ1n) is 8.39. The topological polar surface area (TPSA) is 62.7 Å². The third-order valence-corrected chi connectivity index (χ3v) is 3.45. The van der Waals surface area contributed by atoms with Crippen LogP contribution in [0, 0.1) is 6.92 Å². The van der Waals surface area contributed by atoms with Crippen molar-refractivity contribution < 1.29 is 18.9 Å². The highest BCUT2D eigenvalue weighted by Gasteiger charge is 2.03. The molecular formula is C19H26N2O4. The van der Waals surface area contributed by atoms with Crippen molar-refractivity contribution in [1.82, 2.24) is 9.97 Å². The monoisotopic (exact) mass is 346 g/mol. The van der Waals surface area contributed by atoms with Crippen molar-refractivity contribution in [3.8, 4) is 11.4 Å². The van der Waals surface area contributed by atoms with Crippen LogP contribution in [0.5, 0.6) is 0 Å². The number of rotatable bonds is 12. The summed E-state index contributed by atoms with van der Waals surface area (Å²) in [5.74, 6) is 0. The number of nitrogens with zero attached hydrogens (tertiary/aromatic N) is 2. The van der Waals surface area contributed by atoms with Crippen molar-refractivity contribution in [3.63, 3.8) is 0 Å². The number of pyridine rings is 2. The van der Waals surface area contributed by atoms with Crippen LogP contribution in [0.1, 0.15) is 11.1 Å². The van der Waals surface area contributed by atoms with Gasteiger partial charge < -0.3 is 18.9 Å². The largest absolute Gasteiger partial charge is 0.382 e. The van der Waals surface area contributed by atoms with Crippen LogP contribution >= 0.6 is 0 Å². The normalized spacial score (nSPS) is 11.0. The Bertz CT molecular complexity index is 622. The molecule has 0 aliphatic heterocycles. The predicted octanol–water partition coefficient (Wildman–Crippen LogP) is 2.65. The molecule has 0 radical (unpaired) electrons. The zero-order valence-electron chi connectivity index (χ0n) is 14.9. The van der Waals surface area contributed by atoms with E-state index in [1.807, 2.05) is 31.2 Å². The molecule has 25 heavy (non-hydrogen) atoms. The van der Waals surface area contributed by atoms with Crippen molar-refractivity contribution in [2.45, 2.75) is 13.5 Å². The summed E-state index contributed by atoms with van der Waals surface area (Å²) in [5, 5.41) is 0. The Morgan fingerprint density at radius 1 is 0.760 bits per heavy atom. The molecule has 2 aromatic rings. The van der Waals surface area contributed by atoms with E-state index in [0.717, 1.165) is 22.5 Å². The van der Waals surface area contributed by atoms with Crippen LogP contribution in [0.4, 0.5) is 0 Å². The number of ether oxygens (including phenoxy) is 4. The molecule has 0 aliphatic carbocycles. The zero-order chi connectivity index (χ0) is 17.7. The quantitative estimate of drug-likeness (QED) is 0.551. The molecule has 2 heterocycles. The van der Waals surface area contributed by atoms with Crippen molar-refractivity contribution in [1.29, 1.82) is 0 Å². The molecule has 0 saturated heterocycles. The molecule has 6 heteroatoms. The summed E-state index contributed by atoms with van der Waals surface area (Å²) < 4.78 is 21.3. The van der Waals surface area contributed by atoms with Crippen LogP contribution in [0.25, 0.3) is 11.4 Å². The van der Waals surface area contributed by atoms with E-state index in [1.165, 1.54) is 0 Å². The van der Waals surface area contributed by atoms with Gasteiger partial charge in [0.25, 0.3) is 0 Å². The van der Waals surface area contributed by atoms with Gasteiger partial charge in [0.1, 0.15) is 0 Å². The molecule has 0 N–H and O–H groups in total. The summed E-state index contributed by atoms with van der Waals surface area (Å²) in [6.45, 7) is 5.98. The van der Waals surface area contributed by atoms with E-state index in [9.17, 15) is 0 Å². The summed E-state index contributed by atoms with van der Waals surface area (Å²) in [7, 11) is 1.65. The number of aromatic nitrogens is 2. The van der Waals surface area contributed by atoms with E-state index in [-0.39, 0.29) is 0 Å². The highest BCUT2D eigenvalue weighted by molar-refractivity contribution is 5.55. The maximum absolute atomic E-state index is 5.65. The molecule has 0 aliphatic rings. The van der Waals surface area contributed by atoms with Gasteiger partial charge in [-0.1, -0.05) is 0 Å². The summed E-state index contributed by atoms with van der Waals surface area (Å²) in [4.78, 5) is 8.75. The van der Waals surface area contributed by atoms with E-state index >= 15 is 0 Å². The van der Waals surface area contributed by atoms with Crippen molar-refractivity contribution in [2.24, 2.45) is 0 Å². The van der Waals surface area contributed by atoms with Gasteiger partial charge in [-0.3, -0.25) is 9.97 Å². The van der Waals surface area contributed by atoms with E-state index in [4.69, 9.17) is 18.9 Å². The van der Waals surface area contributed by atoms with E-state index in [1.54, 1.807) is 19.5 Å². The van der Waals surface area contributed by atoms with E-state index < -0.39 is 0 Å². The first kappa shape index (κ1) is 19.5. The van der Waals surface area contributed by atoms with Crippen molar-refractivity contribution in [2.75, 3.05) is 46.8 Å². The SMILES string of the molecule is COCCOCCOCCOCc1ccnc(-c2cc(C)ccn2)c1.